The Labute approximate surface area is 149 Å². The zero-order valence-electron chi connectivity index (χ0n) is 12.1. The standard InChI is InChI=1S/C16H12Cl3NO3/c1-21-12-3-2-10(9-20)15(8-12)22-4-5-23-16-13(18)6-11(17)7-14(16)19/h2-3,6-8H,4-5H2,1H3. The quantitative estimate of drug-likeness (QED) is 0.671. The maximum atomic E-state index is 9.07. The molecule has 0 bridgehead atoms. The Morgan fingerprint density at radius 2 is 1.65 bits per heavy atom. The predicted molar refractivity (Wildman–Crippen MR) is 90.2 cm³/mol. The van der Waals surface area contributed by atoms with Crippen LogP contribution in [0.2, 0.25) is 15.1 Å². The van der Waals surface area contributed by atoms with E-state index in [-0.39, 0.29) is 13.2 Å². The van der Waals surface area contributed by atoms with Crippen LogP contribution in [0.5, 0.6) is 17.2 Å². The minimum absolute atomic E-state index is 0.198. The first-order valence-corrected chi connectivity index (χ1v) is 7.67. The lowest BCUT2D eigenvalue weighted by Gasteiger charge is -2.12. The van der Waals surface area contributed by atoms with E-state index in [0.717, 1.165) is 0 Å². The molecule has 2 aromatic carbocycles. The maximum absolute atomic E-state index is 9.07. The molecule has 0 N–H and O–H groups in total. The molecule has 0 radical (unpaired) electrons. The van der Waals surface area contributed by atoms with E-state index in [1.54, 1.807) is 37.4 Å². The highest BCUT2D eigenvalue weighted by molar-refractivity contribution is 6.40. The average Bonchev–Trinajstić information content (AvgIpc) is 2.53. The zero-order valence-corrected chi connectivity index (χ0v) is 14.4. The molecule has 0 unspecified atom stereocenters. The van der Waals surface area contributed by atoms with Gasteiger partial charge in [-0.3, -0.25) is 0 Å². The van der Waals surface area contributed by atoms with Crippen molar-refractivity contribution < 1.29 is 14.2 Å². The van der Waals surface area contributed by atoms with Crippen molar-refractivity contribution in [3.05, 3.63) is 51.0 Å². The van der Waals surface area contributed by atoms with Crippen LogP contribution in [0.4, 0.5) is 0 Å². The second-order valence-corrected chi connectivity index (χ2v) is 5.62. The fraction of sp³-hybridized carbons (Fsp3) is 0.188. The summed E-state index contributed by atoms with van der Waals surface area (Å²) in [7, 11) is 1.54. The van der Waals surface area contributed by atoms with Crippen LogP contribution >= 0.6 is 34.8 Å². The minimum atomic E-state index is 0.198. The number of ether oxygens (including phenoxy) is 3. The molecule has 120 valence electrons. The molecular formula is C16H12Cl3NO3. The first-order valence-electron chi connectivity index (χ1n) is 6.53. The maximum Gasteiger partial charge on any atom is 0.156 e. The number of rotatable bonds is 6. The lowest BCUT2D eigenvalue weighted by molar-refractivity contribution is 0.216. The molecule has 0 aliphatic carbocycles. The molecule has 0 aliphatic rings. The summed E-state index contributed by atoms with van der Waals surface area (Å²) >= 11 is 17.9. The predicted octanol–water partition coefficient (Wildman–Crippen LogP) is 4.98. The van der Waals surface area contributed by atoms with Gasteiger partial charge in [-0.1, -0.05) is 34.8 Å². The van der Waals surface area contributed by atoms with Crippen molar-refractivity contribution in [2.75, 3.05) is 20.3 Å². The van der Waals surface area contributed by atoms with Gasteiger partial charge in [-0.2, -0.15) is 5.26 Å². The molecule has 0 amide bonds. The van der Waals surface area contributed by atoms with Crippen LogP contribution in [0.15, 0.2) is 30.3 Å². The van der Waals surface area contributed by atoms with Gasteiger partial charge in [0.1, 0.15) is 30.8 Å². The molecule has 0 saturated carbocycles. The Bertz CT molecular complexity index is 721. The summed E-state index contributed by atoms with van der Waals surface area (Å²) in [5.41, 5.74) is 0.411. The summed E-state index contributed by atoms with van der Waals surface area (Å²) in [5, 5.41) is 10.1. The van der Waals surface area contributed by atoms with Crippen LogP contribution in [0.25, 0.3) is 0 Å². The second kappa shape index (κ2) is 8.16. The Balaban J connectivity index is 1.97. The number of halogens is 3. The van der Waals surface area contributed by atoms with Crippen molar-refractivity contribution in [1.29, 1.82) is 5.26 Å². The third kappa shape index (κ3) is 4.59. The average molecular weight is 373 g/mol. The number of nitriles is 1. The van der Waals surface area contributed by atoms with Gasteiger partial charge in [-0.15, -0.1) is 0 Å². The SMILES string of the molecule is COc1ccc(C#N)c(OCCOc2c(Cl)cc(Cl)cc2Cl)c1. The molecule has 0 fully saturated rings. The summed E-state index contributed by atoms with van der Waals surface area (Å²) < 4.78 is 16.2. The van der Waals surface area contributed by atoms with E-state index in [4.69, 9.17) is 54.3 Å². The summed E-state index contributed by atoms with van der Waals surface area (Å²) in [6, 6.07) is 10.1. The van der Waals surface area contributed by atoms with Crippen molar-refractivity contribution in [3.63, 3.8) is 0 Å². The van der Waals surface area contributed by atoms with Gasteiger partial charge in [-0.05, 0) is 24.3 Å². The largest absolute Gasteiger partial charge is 0.497 e. The monoisotopic (exact) mass is 371 g/mol. The normalized spacial score (nSPS) is 10.0. The third-order valence-corrected chi connectivity index (χ3v) is 3.64. The molecule has 0 aromatic heterocycles. The van der Waals surface area contributed by atoms with E-state index in [1.165, 1.54) is 0 Å². The Kier molecular flexibility index (Phi) is 6.23. The minimum Gasteiger partial charge on any atom is -0.497 e. The summed E-state index contributed by atoms with van der Waals surface area (Å²) in [4.78, 5) is 0. The number of nitrogens with zero attached hydrogens (tertiary/aromatic N) is 1. The van der Waals surface area contributed by atoms with Gasteiger partial charge in [0.25, 0.3) is 0 Å². The molecular weight excluding hydrogens is 361 g/mol. The zero-order chi connectivity index (χ0) is 16.8. The van der Waals surface area contributed by atoms with Crippen molar-refractivity contribution >= 4 is 34.8 Å². The van der Waals surface area contributed by atoms with Crippen LogP contribution in [0, 0.1) is 11.3 Å². The lowest BCUT2D eigenvalue weighted by Crippen LogP contribution is -2.10. The van der Waals surface area contributed by atoms with Crippen LogP contribution in [-0.4, -0.2) is 20.3 Å². The number of benzene rings is 2. The molecule has 7 heteroatoms. The Morgan fingerprint density at radius 1 is 1.00 bits per heavy atom. The van der Waals surface area contributed by atoms with Gasteiger partial charge in [0.05, 0.1) is 22.7 Å². The fourth-order valence-electron chi connectivity index (χ4n) is 1.80. The highest BCUT2D eigenvalue weighted by Crippen LogP contribution is 2.35. The van der Waals surface area contributed by atoms with E-state index < -0.39 is 0 Å². The smallest absolute Gasteiger partial charge is 0.156 e. The van der Waals surface area contributed by atoms with Gasteiger partial charge in [0.2, 0.25) is 0 Å². The van der Waals surface area contributed by atoms with Crippen LogP contribution in [0.3, 0.4) is 0 Å². The first-order chi connectivity index (χ1) is 11.0. The van der Waals surface area contributed by atoms with E-state index in [2.05, 4.69) is 6.07 Å². The lowest BCUT2D eigenvalue weighted by atomic mass is 10.2. The van der Waals surface area contributed by atoms with Gasteiger partial charge in [0.15, 0.2) is 5.75 Å². The molecule has 0 aliphatic heterocycles. The fourth-order valence-corrected chi connectivity index (χ4v) is 2.73. The van der Waals surface area contributed by atoms with Gasteiger partial charge in [0, 0.05) is 11.1 Å². The highest BCUT2D eigenvalue weighted by Gasteiger charge is 2.10. The van der Waals surface area contributed by atoms with Gasteiger partial charge >= 0.3 is 0 Å². The van der Waals surface area contributed by atoms with Crippen molar-refractivity contribution in [1.82, 2.24) is 0 Å². The van der Waals surface area contributed by atoms with Gasteiger partial charge in [-0.25, -0.2) is 0 Å². The first kappa shape index (κ1) is 17.6. The Hall–Kier alpha value is -1.80. The van der Waals surface area contributed by atoms with Crippen LogP contribution in [-0.2, 0) is 0 Å². The molecule has 23 heavy (non-hydrogen) atoms. The molecule has 0 spiro atoms. The Morgan fingerprint density at radius 3 is 2.26 bits per heavy atom. The molecule has 0 heterocycles. The van der Waals surface area contributed by atoms with Crippen LogP contribution in [0.1, 0.15) is 5.56 Å². The van der Waals surface area contributed by atoms with Crippen molar-refractivity contribution in [2.24, 2.45) is 0 Å². The van der Waals surface area contributed by atoms with E-state index in [1.807, 2.05) is 0 Å². The third-order valence-electron chi connectivity index (χ3n) is 2.86. The van der Waals surface area contributed by atoms with Crippen LogP contribution < -0.4 is 14.2 Å². The molecule has 2 aromatic rings. The summed E-state index contributed by atoms with van der Waals surface area (Å²) in [6.07, 6.45) is 0. The van der Waals surface area contributed by atoms with Crippen molar-refractivity contribution in [3.8, 4) is 23.3 Å². The van der Waals surface area contributed by atoms with Crippen molar-refractivity contribution in [2.45, 2.75) is 0 Å². The number of methoxy groups -OCH3 is 1. The molecule has 0 atom stereocenters. The van der Waals surface area contributed by atoms with Gasteiger partial charge < -0.3 is 14.2 Å². The topological polar surface area (TPSA) is 51.5 Å². The number of hydrogen-bond donors (Lipinski definition) is 0. The highest BCUT2D eigenvalue weighted by atomic mass is 35.5. The summed E-state index contributed by atoms with van der Waals surface area (Å²) in [5.74, 6) is 1.36. The number of hydrogen-bond acceptors (Lipinski definition) is 4. The molecule has 2 rings (SSSR count). The summed E-state index contributed by atoms with van der Waals surface area (Å²) in [6.45, 7) is 0.403. The van der Waals surface area contributed by atoms with E-state index in [0.29, 0.717) is 37.9 Å². The molecule has 0 saturated heterocycles. The van der Waals surface area contributed by atoms with E-state index in [9.17, 15) is 0 Å². The molecule has 4 nitrogen and oxygen atoms in total. The second-order valence-electron chi connectivity index (χ2n) is 4.37. The van der Waals surface area contributed by atoms with E-state index >= 15 is 0 Å².